The summed E-state index contributed by atoms with van der Waals surface area (Å²) in [6.45, 7) is 0.952. The molecule has 2 aromatic rings. The Morgan fingerprint density at radius 1 is 0.897 bits per heavy atom. The SMILES string of the molecule is CC(=O)c1cccc(NC(=O)COC(=O)CCCC(=O)Nc2ccc(F)cc2)c1. The third-order valence-corrected chi connectivity index (χ3v) is 3.83. The molecule has 0 aromatic heterocycles. The Balaban J connectivity index is 1.65. The van der Waals surface area contributed by atoms with Crippen molar-refractivity contribution >= 4 is 34.9 Å². The van der Waals surface area contributed by atoms with Crippen molar-refractivity contribution in [2.75, 3.05) is 17.2 Å². The summed E-state index contributed by atoms with van der Waals surface area (Å²) in [5.74, 6) is -1.98. The second-order valence-corrected chi connectivity index (χ2v) is 6.25. The van der Waals surface area contributed by atoms with Gasteiger partial charge in [0, 0.05) is 29.8 Å². The van der Waals surface area contributed by atoms with Crippen LogP contribution in [0.2, 0.25) is 0 Å². The molecule has 0 saturated heterocycles. The maximum absolute atomic E-state index is 12.8. The number of hydrogen-bond donors (Lipinski definition) is 2. The lowest BCUT2D eigenvalue weighted by Crippen LogP contribution is -2.21. The van der Waals surface area contributed by atoms with Crippen LogP contribution in [0.5, 0.6) is 0 Å². The zero-order chi connectivity index (χ0) is 21.2. The van der Waals surface area contributed by atoms with Gasteiger partial charge in [0.05, 0.1) is 0 Å². The molecule has 0 aliphatic carbocycles. The van der Waals surface area contributed by atoms with Gasteiger partial charge in [-0.2, -0.15) is 0 Å². The van der Waals surface area contributed by atoms with Gasteiger partial charge < -0.3 is 15.4 Å². The minimum absolute atomic E-state index is 0.0239. The molecular weight excluding hydrogens is 379 g/mol. The molecule has 0 aliphatic rings. The zero-order valence-corrected chi connectivity index (χ0v) is 15.9. The zero-order valence-electron chi connectivity index (χ0n) is 15.9. The number of halogens is 1. The van der Waals surface area contributed by atoms with Gasteiger partial charge in [-0.1, -0.05) is 12.1 Å². The third kappa shape index (κ3) is 7.92. The molecule has 0 fully saturated rings. The monoisotopic (exact) mass is 400 g/mol. The minimum Gasteiger partial charge on any atom is -0.456 e. The van der Waals surface area contributed by atoms with E-state index in [2.05, 4.69) is 10.6 Å². The molecule has 29 heavy (non-hydrogen) atoms. The first-order chi connectivity index (χ1) is 13.8. The number of Topliss-reactive ketones (excluding diaryl/α,β-unsaturated/α-hetero) is 1. The molecule has 2 aromatic carbocycles. The molecule has 0 aliphatic heterocycles. The molecule has 0 spiro atoms. The lowest BCUT2D eigenvalue weighted by molar-refractivity contribution is -0.147. The van der Waals surface area contributed by atoms with Crippen molar-refractivity contribution in [1.29, 1.82) is 0 Å². The number of esters is 1. The molecule has 2 N–H and O–H groups in total. The van der Waals surface area contributed by atoms with Crippen LogP contribution in [0.4, 0.5) is 15.8 Å². The Labute approximate surface area is 167 Å². The number of carbonyl (C=O) groups is 4. The summed E-state index contributed by atoms with van der Waals surface area (Å²) in [6, 6.07) is 11.7. The van der Waals surface area contributed by atoms with Gasteiger partial charge in [0.2, 0.25) is 5.91 Å². The topological polar surface area (TPSA) is 102 Å². The Kier molecular flexibility index (Phi) is 8.02. The van der Waals surface area contributed by atoms with Crippen molar-refractivity contribution in [3.8, 4) is 0 Å². The van der Waals surface area contributed by atoms with Gasteiger partial charge in [-0.3, -0.25) is 19.2 Å². The van der Waals surface area contributed by atoms with Crippen LogP contribution < -0.4 is 10.6 Å². The fraction of sp³-hybridized carbons (Fsp3) is 0.238. The molecule has 152 valence electrons. The van der Waals surface area contributed by atoms with Crippen molar-refractivity contribution in [2.45, 2.75) is 26.2 Å². The molecular formula is C21H21FN2O5. The first kappa shape index (κ1) is 21.7. The number of benzene rings is 2. The van der Waals surface area contributed by atoms with Crippen LogP contribution in [0.25, 0.3) is 0 Å². The van der Waals surface area contributed by atoms with Gasteiger partial charge in [-0.05, 0) is 49.7 Å². The lowest BCUT2D eigenvalue weighted by Gasteiger charge is -2.08. The van der Waals surface area contributed by atoms with E-state index in [1.54, 1.807) is 18.2 Å². The van der Waals surface area contributed by atoms with Crippen LogP contribution in [0.1, 0.15) is 36.5 Å². The minimum atomic E-state index is -0.604. The second kappa shape index (κ2) is 10.7. The van der Waals surface area contributed by atoms with Crippen LogP contribution >= 0.6 is 0 Å². The largest absolute Gasteiger partial charge is 0.456 e. The molecule has 0 bridgehead atoms. The van der Waals surface area contributed by atoms with Crippen LogP contribution in [0.15, 0.2) is 48.5 Å². The number of hydrogen-bond acceptors (Lipinski definition) is 5. The predicted octanol–water partition coefficient (Wildman–Crippen LogP) is 3.32. The highest BCUT2D eigenvalue weighted by Crippen LogP contribution is 2.12. The third-order valence-electron chi connectivity index (χ3n) is 3.83. The normalized spacial score (nSPS) is 10.1. The van der Waals surface area contributed by atoms with E-state index in [4.69, 9.17) is 4.74 Å². The summed E-state index contributed by atoms with van der Waals surface area (Å²) in [5.41, 5.74) is 1.35. The molecule has 0 saturated carbocycles. The highest BCUT2D eigenvalue weighted by molar-refractivity contribution is 5.97. The summed E-state index contributed by atoms with van der Waals surface area (Å²) in [4.78, 5) is 46.7. The maximum Gasteiger partial charge on any atom is 0.306 e. The predicted molar refractivity (Wildman–Crippen MR) is 105 cm³/mol. The van der Waals surface area contributed by atoms with E-state index in [1.165, 1.54) is 37.3 Å². The molecule has 0 atom stereocenters. The van der Waals surface area contributed by atoms with E-state index in [9.17, 15) is 23.6 Å². The van der Waals surface area contributed by atoms with Crippen molar-refractivity contribution < 1.29 is 28.3 Å². The van der Waals surface area contributed by atoms with E-state index in [1.807, 2.05) is 0 Å². The fourth-order valence-corrected chi connectivity index (χ4v) is 2.38. The van der Waals surface area contributed by atoms with Gasteiger partial charge in [0.25, 0.3) is 5.91 Å². The Bertz CT molecular complexity index is 896. The van der Waals surface area contributed by atoms with Crippen LogP contribution in [-0.4, -0.2) is 30.2 Å². The fourth-order valence-electron chi connectivity index (χ4n) is 2.38. The highest BCUT2D eigenvalue weighted by Gasteiger charge is 2.10. The number of amides is 2. The second-order valence-electron chi connectivity index (χ2n) is 6.25. The summed E-state index contributed by atoms with van der Waals surface area (Å²) in [7, 11) is 0. The molecule has 2 rings (SSSR count). The number of nitrogens with one attached hydrogen (secondary N) is 2. The van der Waals surface area contributed by atoms with Crippen molar-refractivity contribution in [3.05, 3.63) is 59.9 Å². The van der Waals surface area contributed by atoms with E-state index < -0.39 is 24.3 Å². The average molecular weight is 400 g/mol. The van der Waals surface area contributed by atoms with Crippen molar-refractivity contribution in [1.82, 2.24) is 0 Å². The summed E-state index contributed by atoms with van der Waals surface area (Å²) in [6.07, 6.45) is 0.300. The molecule has 0 heterocycles. The average Bonchev–Trinajstić information content (AvgIpc) is 2.68. The van der Waals surface area contributed by atoms with E-state index in [0.29, 0.717) is 16.9 Å². The van der Waals surface area contributed by atoms with Gasteiger partial charge in [-0.25, -0.2) is 4.39 Å². The Morgan fingerprint density at radius 3 is 2.28 bits per heavy atom. The van der Waals surface area contributed by atoms with Crippen molar-refractivity contribution in [3.63, 3.8) is 0 Å². The highest BCUT2D eigenvalue weighted by atomic mass is 19.1. The Hall–Kier alpha value is -3.55. The van der Waals surface area contributed by atoms with Gasteiger partial charge >= 0.3 is 5.97 Å². The number of anilines is 2. The van der Waals surface area contributed by atoms with E-state index in [-0.39, 0.29) is 31.0 Å². The summed E-state index contributed by atoms with van der Waals surface area (Å²) >= 11 is 0. The van der Waals surface area contributed by atoms with Crippen LogP contribution in [0, 0.1) is 5.82 Å². The summed E-state index contributed by atoms with van der Waals surface area (Å²) < 4.78 is 17.7. The van der Waals surface area contributed by atoms with Crippen LogP contribution in [-0.2, 0) is 19.1 Å². The first-order valence-corrected chi connectivity index (χ1v) is 8.95. The number of carbonyl (C=O) groups excluding carboxylic acids is 4. The number of ether oxygens (including phenoxy) is 1. The maximum atomic E-state index is 12.8. The van der Waals surface area contributed by atoms with Gasteiger partial charge in [0.1, 0.15) is 5.82 Å². The number of ketones is 1. The molecule has 0 radical (unpaired) electrons. The summed E-state index contributed by atoms with van der Waals surface area (Å²) in [5, 5.41) is 5.13. The van der Waals surface area contributed by atoms with E-state index >= 15 is 0 Å². The molecule has 0 unspecified atom stereocenters. The quantitative estimate of drug-likeness (QED) is 0.497. The smallest absolute Gasteiger partial charge is 0.306 e. The standard InChI is InChI=1S/C21H21FN2O5/c1-14(25)15-4-2-5-18(12-15)24-20(27)13-29-21(28)7-3-6-19(26)23-17-10-8-16(22)9-11-17/h2,4-5,8-12H,3,6-7,13H2,1H3,(H,23,26)(H,24,27). The van der Waals surface area contributed by atoms with Crippen molar-refractivity contribution in [2.24, 2.45) is 0 Å². The molecule has 2 amide bonds. The Morgan fingerprint density at radius 2 is 1.59 bits per heavy atom. The molecule has 8 heteroatoms. The van der Waals surface area contributed by atoms with E-state index in [0.717, 1.165) is 0 Å². The lowest BCUT2D eigenvalue weighted by atomic mass is 10.1. The van der Waals surface area contributed by atoms with Crippen LogP contribution in [0.3, 0.4) is 0 Å². The van der Waals surface area contributed by atoms with Gasteiger partial charge in [0.15, 0.2) is 12.4 Å². The molecule has 7 nitrogen and oxygen atoms in total. The van der Waals surface area contributed by atoms with Gasteiger partial charge in [-0.15, -0.1) is 0 Å². The first-order valence-electron chi connectivity index (χ1n) is 8.95. The number of rotatable bonds is 9.